The standard InChI is InChI=1S/C23H30N2O5/c26-15-21-20(24-23(28)17-8-11-29-12-9-17)6-5-19(30-21)13-22(27)25-10-7-16-3-1-2-4-18(16)14-25/h1-6,17,19-21,26H,7-15H2,(H,24,28)/t19-,20+,21+/m0/s1. The van der Waals surface area contributed by atoms with E-state index in [2.05, 4.69) is 17.4 Å². The van der Waals surface area contributed by atoms with Gasteiger partial charge in [0.15, 0.2) is 0 Å². The molecule has 1 aromatic carbocycles. The summed E-state index contributed by atoms with van der Waals surface area (Å²) in [6.07, 6.45) is 5.24. The molecule has 0 spiro atoms. The SMILES string of the molecule is O=C(N[C@@H]1C=C[C@@H](CC(=O)N2CCc3ccccc3C2)O[C@@H]1CO)C1CCOCC1. The van der Waals surface area contributed by atoms with Gasteiger partial charge >= 0.3 is 0 Å². The number of fused-ring (bicyclic) bond motifs is 1. The fraction of sp³-hybridized carbons (Fsp3) is 0.565. The average Bonchev–Trinajstić information content (AvgIpc) is 2.80. The van der Waals surface area contributed by atoms with Crippen molar-refractivity contribution < 1.29 is 24.2 Å². The van der Waals surface area contributed by atoms with E-state index in [1.165, 1.54) is 11.1 Å². The number of carbonyl (C=O) groups excluding carboxylic acids is 2. The number of nitrogens with zero attached hydrogens (tertiary/aromatic N) is 1. The first-order chi connectivity index (χ1) is 14.6. The highest BCUT2D eigenvalue weighted by Gasteiger charge is 2.32. The maximum atomic E-state index is 12.8. The minimum Gasteiger partial charge on any atom is -0.394 e. The van der Waals surface area contributed by atoms with E-state index in [-0.39, 0.29) is 30.8 Å². The summed E-state index contributed by atoms with van der Waals surface area (Å²) in [4.78, 5) is 27.2. The van der Waals surface area contributed by atoms with E-state index in [0.717, 1.165) is 6.42 Å². The van der Waals surface area contributed by atoms with Crippen LogP contribution in [0.5, 0.6) is 0 Å². The van der Waals surface area contributed by atoms with Gasteiger partial charge in [0.05, 0.1) is 25.2 Å². The summed E-state index contributed by atoms with van der Waals surface area (Å²) in [5.41, 5.74) is 2.50. The molecule has 7 nitrogen and oxygen atoms in total. The molecule has 162 valence electrons. The van der Waals surface area contributed by atoms with Gasteiger partial charge in [-0.1, -0.05) is 36.4 Å². The second kappa shape index (κ2) is 9.73. The van der Waals surface area contributed by atoms with Crippen molar-refractivity contribution in [3.05, 3.63) is 47.5 Å². The molecule has 1 aromatic rings. The van der Waals surface area contributed by atoms with E-state index in [4.69, 9.17) is 9.47 Å². The minimum atomic E-state index is -0.557. The molecule has 4 rings (SSSR count). The Hall–Kier alpha value is -2.22. The molecule has 0 unspecified atom stereocenters. The molecule has 0 aromatic heterocycles. The van der Waals surface area contributed by atoms with Crippen LogP contribution in [0, 0.1) is 5.92 Å². The maximum Gasteiger partial charge on any atom is 0.225 e. The second-order valence-corrected chi connectivity index (χ2v) is 8.24. The second-order valence-electron chi connectivity index (χ2n) is 8.24. The molecule has 0 saturated carbocycles. The number of aliphatic hydroxyl groups excluding tert-OH is 1. The molecule has 0 radical (unpaired) electrons. The van der Waals surface area contributed by atoms with E-state index >= 15 is 0 Å². The Morgan fingerprint density at radius 1 is 1.13 bits per heavy atom. The van der Waals surface area contributed by atoms with Crippen LogP contribution in [0.25, 0.3) is 0 Å². The zero-order valence-electron chi connectivity index (χ0n) is 17.2. The molecule has 0 bridgehead atoms. The first-order valence-electron chi connectivity index (χ1n) is 10.8. The molecule has 0 aliphatic carbocycles. The number of ether oxygens (including phenoxy) is 2. The van der Waals surface area contributed by atoms with E-state index < -0.39 is 18.2 Å². The summed E-state index contributed by atoms with van der Waals surface area (Å²) in [6, 6.07) is 7.83. The lowest BCUT2D eigenvalue weighted by atomic mass is 9.97. The number of rotatable bonds is 5. The highest BCUT2D eigenvalue weighted by molar-refractivity contribution is 5.79. The number of carbonyl (C=O) groups is 2. The van der Waals surface area contributed by atoms with Crippen molar-refractivity contribution in [3.63, 3.8) is 0 Å². The van der Waals surface area contributed by atoms with Crippen molar-refractivity contribution in [1.29, 1.82) is 0 Å². The van der Waals surface area contributed by atoms with Gasteiger partial charge < -0.3 is 24.8 Å². The number of hydrogen-bond donors (Lipinski definition) is 2. The lowest BCUT2D eigenvalue weighted by Crippen LogP contribution is -2.51. The smallest absolute Gasteiger partial charge is 0.225 e. The monoisotopic (exact) mass is 414 g/mol. The first kappa shape index (κ1) is 21.0. The lowest BCUT2D eigenvalue weighted by Gasteiger charge is -2.34. The van der Waals surface area contributed by atoms with Crippen molar-refractivity contribution in [2.24, 2.45) is 5.92 Å². The molecule has 1 saturated heterocycles. The van der Waals surface area contributed by atoms with Crippen LogP contribution < -0.4 is 5.32 Å². The van der Waals surface area contributed by atoms with Crippen LogP contribution >= 0.6 is 0 Å². The van der Waals surface area contributed by atoms with Gasteiger partial charge in [-0.2, -0.15) is 0 Å². The molecule has 3 atom stereocenters. The average molecular weight is 415 g/mol. The minimum absolute atomic E-state index is 0.0310. The number of nitrogens with one attached hydrogen (secondary N) is 1. The van der Waals surface area contributed by atoms with E-state index in [9.17, 15) is 14.7 Å². The Balaban J connectivity index is 1.32. The van der Waals surface area contributed by atoms with Gasteiger partial charge in [0.25, 0.3) is 0 Å². The Kier molecular flexibility index (Phi) is 6.82. The van der Waals surface area contributed by atoms with Crippen LogP contribution in [0.2, 0.25) is 0 Å². The largest absolute Gasteiger partial charge is 0.394 e. The Bertz CT molecular complexity index is 790. The van der Waals surface area contributed by atoms with Crippen LogP contribution in [0.3, 0.4) is 0 Å². The third kappa shape index (κ3) is 4.91. The summed E-state index contributed by atoms with van der Waals surface area (Å²) in [5, 5.41) is 12.7. The quantitative estimate of drug-likeness (QED) is 0.707. The van der Waals surface area contributed by atoms with Gasteiger partial charge in [0.2, 0.25) is 11.8 Å². The van der Waals surface area contributed by atoms with E-state index in [1.54, 1.807) is 0 Å². The van der Waals surface area contributed by atoms with Gasteiger partial charge in [-0.25, -0.2) is 0 Å². The van der Waals surface area contributed by atoms with Gasteiger partial charge in [-0.05, 0) is 30.4 Å². The van der Waals surface area contributed by atoms with E-state index in [1.807, 2.05) is 29.2 Å². The van der Waals surface area contributed by atoms with Crippen molar-refractivity contribution in [1.82, 2.24) is 10.2 Å². The van der Waals surface area contributed by atoms with Gasteiger partial charge in [-0.15, -0.1) is 0 Å². The molecular formula is C23H30N2O5. The number of benzene rings is 1. The Morgan fingerprint density at radius 2 is 1.90 bits per heavy atom. The highest BCUT2D eigenvalue weighted by Crippen LogP contribution is 2.22. The maximum absolute atomic E-state index is 12.8. The zero-order chi connectivity index (χ0) is 20.9. The van der Waals surface area contributed by atoms with Crippen LogP contribution in [0.4, 0.5) is 0 Å². The predicted octanol–water partition coefficient (Wildman–Crippen LogP) is 1.19. The van der Waals surface area contributed by atoms with Gasteiger partial charge in [-0.3, -0.25) is 9.59 Å². The van der Waals surface area contributed by atoms with Crippen LogP contribution in [-0.4, -0.2) is 66.4 Å². The van der Waals surface area contributed by atoms with Crippen LogP contribution in [-0.2, 0) is 32.0 Å². The molecule has 2 amide bonds. The van der Waals surface area contributed by atoms with E-state index in [0.29, 0.717) is 39.1 Å². The fourth-order valence-electron chi connectivity index (χ4n) is 4.39. The summed E-state index contributed by atoms with van der Waals surface area (Å²) in [6.45, 7) is 2.32. The van der Waals surface area contributed by atoms with Crippen molar-refractivity contribution in [3.8, 4) is 0 Å². The lowest BCUT2D eigenvalue weighted by molar-refractivity contribution is -0.138. The summed E-state index contributed by atoms with van der Waals surface area (Å²) in [5.74, 6) is -0.0511. The molecule has 1 fully saturated rings. The molecule has 30 heavy (non-hydrogen) atoms. The van der Waals surface area contributed by atoms with Crippen LogP contribution in [0.15, 0.2) is 36.4 Å². The molecular weight excluding hydrogens is 384 g/mol. The van der Waals surface area contributed by atoms with Crippen LogP contribution in [0.1, 0.15) is 30.4 Å². The third-order valence-corrected chi connectivity index (χ3v) is 6.22. The summed E-state index contributed by atoms with van der Waals surface area (Å²) >= 11 is 0. The van der Waals surface area contributed by atoms with Crippen molar-refractivity contribution in [2.75, 3.05) is 26.4 Å². The topological polar surface area (TPSA) is 88.1 Å². The molecule has 3 aliphatic heterocycles. The predicted molar refractivity (Wildman–Crippen MR) is 111 cm³/mol. The summed E-state index contributed by atoms with van der Waals surface area (Å²) < 4.78 is 11.3. The van der Waals surface area contributed by atoms with Gasteiger partial charge in [0, 0.05) is 32.2 Å². The normalized spacial score (nSPS) is 26.8. The Morgan fingerprint density at radius 3 is 2.67 bits per heavy atom. The molecule has 3 aliphatic rings. The zero-order valence-corrected chi connectivity index (χ0v) is 17.2. The molecule has 3 heterocycles. The highest BCUT2D eigenvalue weighted by atomic mass is 16.5. The first-order valence-corrected chi connectivity index (χ1v) is 10.8. The number of amides is 2. The molecule has 2 N–H and O–H groups in total. The number of aliphatic hydroxyl groups is 1. The third-order valence-electron chi connectivity index (χ3n) is 6.22. The summed E-state index contributed by atoms with van der Waals surface area (Å²) in [7, 11) is 0. The molecule has 7 heteroatoms. The number of hydrogen-bond acceptors (Lipinski definition) is 5. The Labute approximate surface area is 177 Å². The van der Waals surface area contributed by atoms with Gasteiger partial charge in [0.1, 0.15) is 6.10 Å². The van der Waals surface area contributed by atoms with Crippen molar-refractivity contribution >= 4 is 11.8 Å². The fourth-order valence-corrected chi connectivity index (χ4v) is 4.39. The van der Waals surface area contributed by atoms with Crippen molar-refractivity contribution in [2.45, 2.75) is 50.5 Å².